The lowest BCUT2D eigenvalue weighted by molar-refractivity contribution is -0.143. The Morgan fingerprint density at radius 2 is 0.746 bits per heavy atom. The first-order valence-corrected chi connectivity index (χ1v) is 28.4. The van der Waals surface area contributed by atoms with Gasteiger partial charge in [-0.3, -0.25) is 9.59 Å². The van der Waals surface area contributed by atoms with Gasteiger partial charge in [0.2, 0.25) is 5.91 Å². The summed E-state index contributed by atoms with van der Waals surface area (Å²) in [5, 5.41) is 23.3. The van der Waals surface area contributed by atoms with Crippen LogP contribution in [0.4, 0.5) is 0 Å². The van der Waals surface area contributed by atoms with E-state index >= 15 is 0 Å². The molecule has 0 bridgehead atoms. The third kappa shape index (κ3) is 49.9. The summed E-state index contributed by atoms with van der Waals surface area (Å²) >= 11 is 0. The number of unbranched alkanes of at least 4 members (excludes halogenated alkanes) is 40. The van der Waals surface area contributed by atoms with Crippen molar-refractivity contribution in [3.63, 3.8) is 0 Å². The number of esters is 1. The van der Waals surface area contributed by atoms with Gasteiger partial charge in [0, 0.05) is 12.8 Å². The van der Waals surface area contributed by atoms with Gasteiger partial charge in [0.15, 0.2) is 0 Å². The fourth-order valence-electron chi connectivity index (χ4n) is 8.93. The van der Waals surface area contributed by atoms with E-state index in [1.54, 1.807) is 0 Å². The Morgan fingerprint density at radius 1 is 0.429 bits per heavy atom. The first kappa shape index (κ1) is 61.6. The molecule has 2 atom stereocenters. The van der Waals surface area contributed by atoms with E-state index in [1.165, 1.54) is 225 Å². The molecule has 3 N–H and O–H groups in total. The molecule has 0 aromatic carbocycles. The van der Waals surface area contributed by atoms with Crippen LogP contribution in [0.3, 0.4) is 0 Å². The number of amides is 1. The normalized spacial score (nSPS) is 12.6. The van der Waals surface area contributed by atoms with E-state index in [0.717, 1.165) is 57.8 Å². The maximum atomic E-state index is 12.5. The van der Waals surface area contributed by atoms with Crippen molar-refractivity contribution in [1.82, 2.24) is 5.32 Å². The molecule has 0 aromatic rings. The van der Waals surface area contributed by atoms with Gasteiger partial charge < -0.3 is 20.3 Å². The molecule has 0 aliphatic carbocycles. The third-order valence-corrected chi connectivity index (χ3v) is 13.3. The fourth-order valence-corrected chi connectivity index (χ4v) is 8.93. The molecule has 6 heteroatoms. The predicted octanol–water partition coefficient (Wildman–Crippen LogP) is 17.3. The second-order valence-electron chi connectivity index (χ2n) is 19.6. The van der Waals surface area contributed by atoms with Gasteiger partial charge in [0.1, 0.15) is 0 Å². The highest BCUT2D eigenvalue weighted by Gasteiger charge is 2.20. The zero-order valence-electron chi connectivity index (χ0n) is 42.6. The van der Waals surface area contributed by atoms with Crippen molar-refractivity contribution in [3.8, 4) is 0 Å². The molecule has 6 nitrogen and oxygen atoms in total. The predicted molar refractivity (Wildman–Crippen MR) is 273 cm³/mol. The summed E-state index contributed by atoms with van der Waals surface area (Å²) in [5.74, 6) is -0.0672. The van der Waals surface area contributed by atoms with Gasteiger partial charge in [-0.15, -0.1) is 0 Å². The van der Waals surface area contributed by atoms with Gasteiger partial charge in [-0.2, -0.15) is 0 Å². The number of rotatable bonds is 53. The summed E-state index contributed by atoms with van der Waals surface area (Å²) < 4.78 is 5.47. The summed E-state index contributed by atoms with van der Waals surface area (Å²) in [6, 6.07) is -0.555. The van der Waals surface area contributed by atoms with Crippen molar-refractivity contribution in [2.45, 2.75) is 328 Å². The smallest absolute Gasteiger partial charge is 0.305 e. The topological polar surface area (TPSA) is 95.9 Å². The highest BCUT2D eigenvalue weighted by atomic mass is 16.5. The van der Waals surface area contributed by atoms with Crippen LogP contribution >= 0.6 is 0 Å². The van der Waals surface area contributed by atoms with Crippen molar-refractivity contribution >= 4 is 11.9 Å². The minimum Gasteiger partial charge on any atom is -0.466 e. The number of aliphatic hydroxyl groups is 2. The monoisotopic (exact) mass is 890 g/mol. The van der Waals surface area contributed by atoms with Gasteiger partial charge in [-0.05, 0) is 51.4 Å². The van der Waals surface area contributed by atoms with E-state index in [4.69, 9.17) is 4.74 Å². The summed E-state index contributed by atoms with van der Waals surface area (Å²) in [7, 11) is 0. The minimum absolute atomic E-state index is 0.0160. The number of nitrogens with one attached hydrogen (secondary N) is 1. The summed E-state index contributed by atoms with van der Waals surface area (Å²) in [6.07, 6.45) is 61.9. The number of hydrogen-bond donors (Lipinski definition) is 3. The molecule has 0 saturated heterocycles. The average molecular weight is 891 g/mol. The van der Waals surface area contributed by atoms with E-state index in [1.807, 2.05) is 0 Å². The molecule has 0 aliphatic rings. The molecule has 2 unspecified atom stereocenters. The highest BCUT2D eigenvalue weighted by molar-refractivity contribution is 5.76. The van der Waals surface area contributed by atoms with Crippen molar-refractivity contribution in [2.75, 3.05) is 13.2 Å². The number of carbonyl (C=O) groups excluding carboxylic acids is 2. The van der Waals surface area contributed by atoms with Gasteiger partial charge >= 0.3 is 5.97 Å². The Labute approximate surface area is 393 Å². The molecular formula is C57H111NO5. The summed E-state index contributed by atoms with van der Waals surface area (Å²) in [5.41, 5.74) is 0. The number of carbonyl (C=O) groups is 2. The molecular weight excluding hydrogens is 779 g/mol. The first-order chi connectivity index (χ1) is 31.0. The van der Waals surface area contributed by atoms with Gasteiger partial charge in [-0.1, -0.05) is 264 Å². The lowest BCUT2D eigenvalue weighted by Gasteiger charge is -2.22. The molecule has 0 heterocycles. The standard InChI is InChI=1S/C57H111NO5/c1-3-5-7-9-11-13-15-17-19-21-23-24-26-29-33-37-41-45-49-55(60)54(53-59)58-56(61)50-46-42-38-34-30-28-32-36-40-44-48-52-63-57(62)51-47-43-39-35-31-27-25-22-20-18-16-14-12-10-8-6-4-2/h18,20,54-55,59-60H,3-17,19,21-53H2,1-2H3,(H,58,61)/b20-18-. The SMILES string of the molecule is CCCCCCCC/C=C\CCCCCCCCCC(=O)OCCCCCCCCCCCCCC(=O)NC(CO)C(O)CCCCCCCCCCCCCCCCCCCC. The van der Waals surface area contributed by atoms with Crippen LogP contribution in [0.25, 0.3) is 0 Å². The van der Waals surface area contributed by atoms with E-state index in [9.17, 15) is 19.8 Å². The molecule has 0 aromatic heterocycles. The molecule has 0 aliphatic heterocycles. The van der Waals surface area contributed by atoms with Crippen molar-refractivity contribution in [1.29, 1.82) is 0 Å². The Bertz CT molecular complexity index is 939. The molecule has 0 rings (SSSR count). The Morgan fingerprint density at radius 3 is 1.13 bits per heavy atom. The Balaban J connectivity index is 3.45. The lowest BCUT2D eigenvalue weighted by Crippen LogP contribution is -2.45. The van der Waals surface area contributed by atoms with Crippen LogP contribution < -0.4 is 5.32 Å². The van der Waals surface area contributed by atoms with Crippen molar-refractivity contribution < 1.29 is 24.5 Å². The zero-order chi connectivity index (χ0) is 45.8. The van der Waals surface area contributed by atoms with E-state index in [2.05, 4.69) is 31.3 Å². The molecule has 0 saturated carbocycles. The van der Waals surface area contributed by atoms with Crippen molar-refractivity contribution in [2.24, 2.45) is 0 Å². The first-order valence-electron chi connectivity index (χ1n) is 28.4. The van der Waals surface area contributed by atoms with Crippen molar-refractivity contribution in [3.05, 3.63) is 12.2 Å². The van der Waals surface area contributed by atoms with Crippen LogP contribution in [0.1, 0.15) is 316 Å². The van der Waals surface area contributed by atoms with Gasteiger partial charge in [0.25, 0.3) is 0 Å². The number of aliphatic hydroxyl groups excluding tert-OH is 2. The Hall–Kier alpha value is -1.40. The largest absolute Gasteiger partial charge is 0.466 e. The molecule has 0 radical (unpaired) electrons. The quantitative estimate of drug-likeness (QED) is 0.0321. The Kier molecular flexibility index (Phi) is 52.0. The highest BCUT2D eigenvalue weighted by Crippen LogP contribution is 2.17. The van der Waals surface area contributed by atoms with Crippen LogP contribution in [-0.2, 0) is 14.3 Å². The number of allylic oxidation sites excluding steroid dienone is 2. The zero-order valence-corrected chi connectivity index (χ0v) is 42.6. The lowest BCUT2D eigenvalue weighted by atomic mass is 10.0. The molecule has 63 heavy (non-hydrogen) atoms. The van der Waals surface area contributed by atoms with E-state index in [0.29, 0.717) is 25.9 Å². The number of hydrogen-bond acceptors (Lipinski definition) is 5. The maximum absolute atomic E-state index is 12.5. The van der Waals surface area contributed by atoms with Crippen LogP contribution in [0.2, 0.25) is 0 Å². The fraction of sp³-hybridized carbons (Fsp3) is 0.930. The van der Waals surface area contributed by atoms with E-state index < -0.39 is 12.1 Å². The van der Waals surface area contributed by atoms with Gasteiger partial charge in [-0.25, -0.2) is 0 Å². The second kappa shape index (κ2) is 53.2. The minimum atomic E-state index is -0.676. The van der Waals surface area contributed by atoms with Gasteiger partial charge in [0.05, 0.1) is 25.4 Å². The maximum Gasteiger partial charge on any atom is 0.305 e. The number of ether oxygens (including phenoxy) is 1. The molecule has 0 spiro atoms. The van der Waals surface area contributed by atoms with Crippen LogP contribution in [0.15, 0.2) is 12.2 Å². The summed E-state index contributed by atoms with van der Waals surface area (Å²) in [4.78, 5) is 24.6. The molecule has 374 valence electrons. The van der Waals surface area contributed by atoms with Crippen LogP contribution in [0, 0.1) is 0 Å². The molecule has 1 amide bonds. The van der Waals surface area contributed by atoms with Crippen LogP contribution in [-0.4, -0.2) is 47.4 Å². The average Bonchev–Trinajstić information content (AvgIpc) is 3.28. The van der Waals surface area contributed by atoms with Crippen LogP contribution in [0.5, 0.6) is 0 Å². The third-order valence-electron chi connectivity index (χ3n) is 13.3. The summed E-state index contributed by atoms with van der Waals surface area (Å²) in [6.45, 7) is 4.93. The molecule has 0 fully saturated rings. The second-order valence-corrected chi connectivity index (χ2v) is 19.6. The van der Waals surface area contributed by atoms with E-state index in [-0.39, 0.29) is 18.5 Å².